The summed E-state index contributed by atoms with van der Waals surface area (Å²) in [5, 5.41) is 0.775. The molecule has 0 saturated carbocycles. The summed E-state index contributed by atoms with van der Waals surface area (Å²) in [7, 11) is 2.17. The Morgan fingerprint density at radius 3 is 2.82 bits per heavy atom. The number of hydrogen-bond donors (Lipinski definition) is 1. The molecule has 1 aromatic rings. The summed E-state index contributed by atoms with van der Waals surface area (Å²) in [5.74, 6) is 0. The molecular formula is C13H20ClN3. The molecule has 0 aliphatic carbocycles. The largest absolute Gasteiger partial charge is 0.368 e. The molecule has 17 heavy (non-hydrogen) atoms. The van der Waals surface area contributed by atoms with Gasteiger partial charge in [-0.3, -0.25) is 0 Å². The van der Waals surface area contributed by atoms with E-state index in [4.69, 9.17) is 17.3 Å². The lowest BCUT2D eigenvalue weighted by atomic mass is 10.1. The Kier molecular flexibility index (Phi) is 3.92. The lowest BCUT2D eigenvalue weighted by Gasteiger charge is -2.39. The highest BCUT2D eigenvalue weighted by atomic mass is 35.5. The van der Waals surface area contributed by atoms with E-state index in [-0.39, 0.29) is 0 Å². The van der Waals surface area contributed by atoms with Crippen molar-refractivity contribution in [3.05, 3.63) is 28.8 Å². The molecule has 1 aromatic carbocycles. The van der Waals surface area contributed by atoms with Gasteiger partial charge in [-0.25, -0.2) is 0 Å². The third-order valence-electron chi connectivity index (χ3n) is 3.60. The number of rotatable bonds is 2. The molecule has 1 aliphatic heterocycles. The molecule has 94 valence electrons. The first-order chi connectivity index (χ1) is 8.13. The standard InChI is InChI=1S/C13H20ClN3/c1-10-9-17(7-6-16(10)2)13-5-3-4-12(14)11(13)8-15/h3-5,10H,6-9,15H2,1-2H3. The quantitative estimate of drug-likeness (QED) is 0.874. The van der Waals surface area contributed by atoms with Crippen LogP contribution < -0.4 is 10.6 Å². The van der Waals surface area contributed by atoms with Crippen LogP contribution in [0.25, 0.3) is 0 Å². The summed E-state index contributed by atoms with van der Waals surface area (Å²) in [6, 6.07) is 6.59. The smallest absolute Gasteiger partial charge is 0.0471 e. The predicted octanol–water partition coefficient (Wildman–Crippen LogP) is 1.94. The van der Waals surface area contributed by atoms with Crippen LogP contribution in [0.15, 0.2) is 18.2 Å². The van der Waals surface area contributed by atoms with E-state index in [1.165, 1.54) is 5.69 Å². The van der Waals surface area contributed by atoms with Crippen LogP contribution in [0.1, 0.15) is 12.5 Å². The van der Waals surface area contributed by atoms with Crippen molar-refractivity contribution in [1.82, 2.24) is 4.90 Å². The zero-order chi connectivity index (χ0) is 12.4. The van der Waals surface area contributed by atoms with Crippen molar-refractivity contribution in [2.75, 3.05) is 31.6 Å². The molecular weight excluding hydrogens is 234 g/mol. The van der Waals surface area contributed by atoms with E-state index in [1.54, 1.807) is 0 Å². The monoisotopic (exact) mass is 253 g/mol. The summed E-state index contributed by atoms with van der Waals surface area (Å²) in [6.45, 7) is 5.89. The zero-order valence-corrected chi connectivity index (χ0v) is 11.2. The molecule has 0 bridgehead atoms. The van der Waals surface area contributed by atoms with Gasteiger partial charge in [0, 0.05) is 48.5 Å². The van der Waals surface area contributed by atoms with E-state index in [0.29, 0.717) is 12.6 Å². The summed E-state index contributed by atoms with van der Waals surface area (Å²) >= 11 is 6.20. The Morgan fingerprint density at radius 1 is 1.41 bits per heavy atom. The third-order valence-corrected chi connectivity index (χ3v) is 3.95. The van der Waals surface area contributed by atoms with Gasteiger partial charge in [0.15, 0.2) is 0 Å². The lowest BCUT2D eigenvalue weighted by molar-refractivity contribution is 0.234. The molecule has 0 aromatic heterocycles. The van der Waals surface area contributed by atoms with Gasteiger partial charge in [0.1, 0.15) is 0 Å². The number of nitrogens with two attached hydrogens (primary N) is 1. The van der Waals surface area contributed by atoms with Gasteiger partial charge in [-0.15, -0.1) is 0 Å². The first kappa shape index (κ1) is 12.7. The first-order valence-corrected chi connectivity index (χ1v) is 6.44. The van der Waals surface area contributed by atoms with Crippen LogP contribution in [0.2, 0.25) is 5.02 Å². The molecule has 0 amide bonds. The molecule has 1 atom stereocenters. The molecule has 0 spiro atoms. The van der Waals surface area contributed by atoms with Gasteiger partial charge in [-0.1, -0.05) is 17.7 Å². The average molecular weight is 254 g/mol. The zero-order valence-electron chi connectivity index (χ0n) is 10.5. The summed E-state index contributed by atoms with van der Waals surface area (Å²) in [6.07, 6.45) is 0. The first-order valence-electron chi connectivity index (χ1n) is 6.06. The van der Waals surface area contributed by atoms with Crippen LogP contribution in [-0.4, -0.2) is 37.6 Å². The predicted molar refractivity (Wildman–Crippen MR) is 73.6 cm³/mol. The fourth-order valence-electron chi connectivity index (χ4n) is 2.31. The van der Waals surface area contributed by atoms with Crippen molar-refractivity contribution in [2.45, 2.75) is 19.5 Å². The highest BCUT2D eigenvalue weighted by molar-refractivity contribution is 6.31. The van der Waals surface area contributed by atoms with Crippen molar-refractivity contribution in [3.63, 3.8) is 0 Å². The maximum atomic E-state index is 6.20. The fourth-order valence-corrected chi connectivity index (χ4v) is 2.56. The minimum atomic E-state index is 0.496. The number of hydrogen-bond acceptors (Lipinski definition) is 3. The van der Waals surface area contributed by atoms with E-state index in [9.17, 15) is 0 Å². The van der Waals surface area contributed by atoms with Gasteiger partial charge >= 0.3 is 0 Å². The van der Waals surface area contributed by atoms with Crippen LogP contribution in [0, 0.1) is 0 Å². The Balaban J connectivity index is 2.25. The topological polar surface area (TPSA) is 32.5 Å². The van der Waals surface area contributed by atoms with E-state index in [2.05, 4.69) is 29.8 Å². The van der Waals surface area contributed by atoms with E-state index >= 15 is 0 Å². The Hall–Kier alpha value is -0.770. The van der Waals surface area contributed by atoms with Gasteiger partial charge in [-0.05, 0) is 26.1 Å². The maximum absolute atomic E-state index is 6.20. The van der Waals surface area contributed by atoms with Crippen molar-refractivity contribution >= 4 is 17.3 Å². The second-order valence-corrected chi connectivity index (χ2v) is 5.12. The van der Waals surface area contributed by atoms with Crippen molar-refractivity contribution in [2.24, 2.45) is 5.73 Å². The van der Waals surface area contributed by atoms with Gasteiger partial charge < -0.3 is 15.5 Å². The number of halogens is 1. The van der Waals surface area contributed by atoms with Crippen LogP contribution in [0.5, 0.6) is 0 Å². The molecule has 1 unspecified atom stereocenters. The Labute approximate surface area is 108 Å². The Morgan fingerprint density at radius 2 is 2.18 bits per heavy atom. The third kappa shape index (κ3) is 2.57. The summed E-state index contributed by atoms with van der Waals surface area (Å²) < 4.78 is 0. The van der Waals surface area contributed by atoms with Crippen LogP contribution in [0.4, 0.5) is 5.69 Å². The number of piperazine rings is 1. The molecule has 3 nitrogen and oxygen atoms in total. The van der Waals surface area contributed by atoms with Crippen molar-refractivity contribution in [3.8, 4) is 0 Å². The summed E-state index contributed by atoms with van der Waals surface area (Å²) in [5.41, 5.74) is 8.05. The minimum Gasteiger partial charge on any atom is -0.368 e. The second kappa shape index (κ2) is 5.25. The number of anilines is 1. The average Bonchev–Trinajstić information content (AvgIpc) is 2.32. The highest BCUT2D eigenvalue weighted by Crippen LogP contribution is 2.28. The van der Waals surface area contributed by atoms with Gasteiger partial charge in [0.2, 0.25) is 0 Å². The maximum Gasteiger partial charge on any atom is 0.0471 e. The number of benzene rings is 1. The molecule has 2 rings (SSSR count). The van der Waals surface area contributed by atoms with Crippen LogP contribution in [-0.2, 0) is 6.54 Å². The molecule has 1 fully saturated rings. The van der Waals surface area contributed by atoms with Crippen LogP contribution in [0.3, 0.4) is 0 Å². The minimum absolute atomic E-state index is 0.496. The number of nitrogens with zero attached hydrogens (tertiary/aromatic N) is 2. The number of likely N-dealkylation sites (N-methyl/N-ethyl adjacent to an activating group) is 1. The lowest BCUT2D eigenvalue weighted by Crippen LogP contribution is -2.50. The molecule has 1 heterocycles. The van der Waals surface area contributed by atoms with E-state index < -0.39 is 0 Å². The molecule has 4 heteroatoms. The summed E-state index contributed by atoms with van der Waals surface area (Å²) in [4.78, 5) is 4.77. The van der Waals surface area contributed by atoms with Crippen molar-refractivity contribution < 1.29 is 0 Å². The normalized spacial score (nSPS) is 21.9. The molecule has 2 N–H and O–H groups in total. The fraction of sp³-hybridized carbons (Fsp3) is 0.538. The highest BCUT2D eigenvalue weighted by Gasteiger charge is 2.22. The van der Waals surface area contributed by atoms with Gasteiger partial charge in [-0.2, -0.15) is 0 Å². The van der Waals surface area contributed by atoms with Gasteiger partial charge in [0.25, 0.3) is 0 Å². The van der Waals surface area contributed by atoms with Gasteiger partial charge in [0.05, 0.1) is 0 Å². The molecule has 1 aliphatic rings. The van der Waals surface area contributed by atoms with E-state index in [0.717, 1.165) is 30.2 Å². The van der Waals surface area contributed by atoms with Crippen molar-refractivity contribution in [1.29, 1.82) is 0 Å². The second-order valence-electron chi connectivity index (χ2n) is 4.72. The molecule has 0 radical (unpaired) electrons. The van der Waals surface area contributed by atoms with Crippen LogP contribution >= 0.6 is 11.6 Å². The SMILES string of the molecule is CC1CN(c2cccc(Cl)c2CN)CCN1C. The van der Waals surface area contributed by atoms with E-state index in [1.807, 2.05) is 12.1 Å². The Bertz CT molecular complexity index is 394. The molecule has 1 saturated heterocycles.